The lowest BCUT2D eigenvalue weighted by Gasteiger charge is -2.44. The second kappa shape index (κ2) is 7.44. The van der Waals surface area contributed by atoms with E-state index >= 15 is 4.39 Å². The number of hydrogen-bond acceptors (Lipinski definition) is 6. The Balaban J connectivity index is 1.54. The van der Waals surface area contributed by atoms with Crippen LogP contribution in [-0.2, 0) is 17.1 Å². The van der Waals surface area contributed by atoms with Gasteiger partial charge >= 0.3 is 0 Å². The van der Waals surface area contributed by atoms with Gasteiger partial charge in [-0.3, -0.25) is 4.68 Å². The highest BCUT2D eigenvalue weighted by Gasteiger charge is 2.40. The molecule has 0 amide bonds. The fourth-order valence-corrected chi connectivity index (χ4v) is 5.44. The van der Waals surface area contributed by atoms with E-state index in [1.807, 2.05) is 18.2 Å². The van der Waals surface area contributed by atoms with Gasteiger partial charge in [0.2, 0.25) is 10.0 Å². The highest BCUT2D eigenvalue weighted by Crippen LogP contribution is 2.31. The van der Waals surface area contributed by atoms with Crippen LogP contribution in [0.4, 0.5) is 10.2 Å². The number of aromatic nitrogens is 4. The number of anilines is 1. The molecule has 2 aromatic heterocycles. The lowest BCUT2D eigenvalue weighted by atomic mass is 10.1. The summed E-state index contributed by atoms with van der Waals surface area (Å²) in [7, 11) is -0.442. The summed E-state index contributed by atoms with van der Waals surface area (Å²) >= 11 is 0. The average Bonchev–Trinajstić information content (AvgIpc) is 2.94. The zero-order valence-electron chi connectivity index (χ0n) is 17.2. The summed E-state index contributed by atoms with van der Waals surface area (Å²) in [6.07, 6.45) is 1.33. The van der Waals surface area contributed by atoms with Crippen LogP contribution in [0.2, 0.25) is 0 Å². The van der Waals surface area contributed by atoms with Gasteiger partial charge in [-0.05, 0) is 13.8 Å². The Morgan fingerprint density at radius 2 is 1.80 bits per heavy atom. The number of aryl methyl sites for hydroxylation is 2. The Bertz CT molecular complexity index is 1190. The average molecular weight is 431 g/mol. The molecule has 0 aliphatic carbocycles. The van der Waals surface area contributed by atoms with E-state index in [0.717, 1.165) is 0 Å². The molecule has 1 fully saturated rings. The number of nitrogens with zero attached hydrogens (tertiary/aromatic N) is 6. The quantitative estimate of drug-likeness (QED) is 0.617. The van der Waals surface area contributed by atoms with Crippen LogP contribution in [0.15, 0.2) is 41.6 Å². The molecule has 0 saturated carbocycles. The van der Waals surface area contributed by atoms with Crippen molar-refractivity contribution in [2.45, 2.75) is 24.8 Å². The van der Waals surface area contributed by atoms with Gasteiger partial charge in [0.1, 0.15) is 16.9 Å². The van der Waals surface area contributed by atoms with Crippen molar-refractivity contribution in [2.24, 2.45) is 7.05 Å². The van der Waals surface area contributed by atoms with Gasteiger partial charge in [-0.2, -0.15) is 9.40 Å². The molecule has 1 aliphatic heterocycles. The molecule has 1 aromatic carbocycles. The molecule has 10 heteroatoms. The Labute approximate surface area is 175 Å². The first-order valence-electron chi connectivity index (χ1n) is 9.51. The van der Waals surface area contributed by atoms with E-state index in [0.29, 0.717) is 30.0 Å². The molecule has 8 nitrogen and oxygen atoms in total. The topological polar surface area (TPSA) is 84.2 Å². The summed E-state index contributed by atoms with van der Waals surface area (Å²) in [5.41, 5.74) is 1.95. The maximum atomic E-state index is 15.1. The number of halogens is 1. The Kier molecular flexibility index (Phi) is 5.07. The van der Waals surface area contributed by atoms with Crippen molar-refractivity contribution in [3.05, 3.63) is 53.9 Å². The van der Waals surface area contributed by atoms with E-state index in [9.17, 15) is 8.42 Å². The van der Waals surface area contributed by atoms with Crippen molar-refractivity contribution in [1.82, 2.24) is 24.1 Å². The summed E-state index contributed by atoms with van der Waals surface area (Å²) in [5, 5.41) is 4.21. The number of benzene rings is 1. The predicted molar refractivity (Wildman–Crippen MR) is 111 cm³/mol. The molecule has 0 N–H and O–H groups in total. The number of sulfonamides is 1. The maximum Gasteiger partial charge on any atom is 0.246 e. The van der Waals surface area contributed by atoms with Gasteiger partial charge in [0.05, 0.1) is 17.4 Å². The van der Waals surface area contributed by atoms with Gasteiger partial charge in [0.15, 0.2) is 11.6 Å². The number of rotatable bonds is 5. The fourth-order valence-electron chi connectivity index (χ4n) is 3.70. The minimum absolute atomic E-state index is 0.180. The fraction of sp³-hybridized carbons (Fsp3) is 0.350. The van der Waals surface area contributed by atoms with Gasteiger partial charge in [-0.1, -0.05) is 30.3 Å². The molecular formula is C20H23FN6O2S. The van der Waals surface area contributed by atoms with Crippen molar-refractivity contribution in [1.29, 1.82) is 0 Å². The van der Waals surface area contributed by atoms with Crippen LogP contribution < -0.4 is 4.90 Å². The van der Waals surface area contributed by atoms with Crippen LogP contribution in [0.3, 0.4) is 0 Å². The molecule has 1 aliphatic rings. The van der Waals surface area contributed by atoms with Crippen LogP contribution in [0, 0.1) is 19.7 Å². The lowest BCUT2D eigenvalue weighted by Crippen LogP contribution is -2.60. The maximum absolute atomic E-state index is 15.1. The third-order valence-electron chi connectivity index (χ3n) is 5.57. The van der Waals surface area contributed by atoms with Crippen LogP contribution in [0.1, 0.15) is 11.4 Å². The SMILES string of the molecule is Cc1nn(C)c(C)c1S(=O)(=O)N(C)C1CN(c2ncnc(-c3ccccc3)c2F)C1. The second-order valence-corrected chi connectivity index (χ2v) is 9.36. The van der Waals surface area contributed by atoms with Crippen molar-refractivity contribution >= 4 is 15.8 Å². The standard InChI is InChI=1S/C20H23FN6O2S/c1-13-19(14(2)25(3)24-13)30(28,29)26(4)16-10-27(11-16)20-17(21)18(22-12-23-20)15-8-6-5-7-9-15/h5-9,12,16H,10-11H2,1-4H3. The molecule has 30 heavy (non-hydrogen) atoms. The third kappa shape index (κ3) is 3.25. The van der Waals surface area contributed by atoms with Crippen LogP contribution in [0.5, 0.6) is 0 Å². The minimum atomic E-state index is -3.71. The summed E-state index contributed by atoms with van der Waals surface area (Å²) in [5.74, 6) is -0.328. The molecule has 0 radical (unpaired) electrons. The van der Waals surface area contributed by atoms with E-state index in [1.165, 1.54) is 10.6 Å². The van der Waals surface area contributed by atoms with E-state index in [4.69, 9.17) is 0 Å². The molecule has 0 spiro atoms. The Hall–Kier alpha value is -2.85. The molecule has 3 aromatic rings. The van der Waals surface area contributed by atoms with Gasteiger partial charge in [-0.15, -0.1) is 0 Å². The molecular weight excluding hydrogens is 407 g/mol. The Morgan fingerprint density at radius 1 is 1.13 bits per heavy atom. The van der Waals surface area contributed by atoms with Crippen molar-refractivity contribution in [3.63, 3.8) is 0 Å². The molecule has 0 atom stereocenters. The molecule has 0 unspecified atom stereocenters. The molecule has 0 bridgehead atoms. The zero-order chi connectivity index (χ0) is 21.6. The van der Waals surface area contributed by atoms with Crippen LogP contribution >= 0.6 is 0 Å². The van der Waals surface area contributed by atoms with Gasteiger partial charge < -0.3 is 4.90 Å². The van der Waals surface area contributed by atoms with Gasteiger partial charge in [0.25, 0.3) is 0 Å². The van der Waals surface area contributed by atoms with Gasteiger partial charge in [-0.25, -0.2) is 22.8 Å². The van der Waals surface area contributed by atoms with E-state index in [2.05, 4.69) is 15.1 Å². The van der Waals surface area contributed by atoms with Crippen LogP contribution in [0.25, 0.3) is 11.3 Å². The highest BCUT2D eigenvalue weighted by molar-refractivity contribution is 7.89. The summed E-state index contributed by atoms with van der Waals surface area (Å²) < 4.78 is 44.2. The highest BCUT2D eigenvalue weighted by atomic mass is 32.2. The normalized spacial score (nSPS) is 14.9. The zero-order valence-corrected chi connectivity index (χ0v) is 18.1. The summed E-state index contributed by atoms with van der Waals surface area (Å²) in [6, 6.07) is 8.77. The van der Waals surface area contributed by atoms with E-state index < -0.39 is 15.8 Å². The molecule has 158 valence electrons. The predicted octanol–water partition coefficient (Wildman–Crippen LogP) is 2.14. The molecule has 3 heterocycles. The first kappa shape index (κ1) is 20.4. The van der Waals surface area contributed by atoms with Crippen molar-refractivity contribution in [2.75, 3.05) is 25.0 Å². The molecule has 4 rings (SSSR count). The Morgan fingerprint density at radius 3 is 2.40 bits per heavy atom. The second-order valence-electron chi connectivity index (χ2n) is 7.43. The largest absolute Gasteiger partial charge is 0.351 e. The first-order chi connectivity index (χ1) is 14.2. The number of hydrogen-bond donors (Lipinski definition) is 0. The van der Waals surface area contributed by atoms with E-state index in [-0.39, 0.29) is 22.4 Å². The van der Waals surface area contributed by atoms with E-state index in [1.54, 1.807) is 49.7 Å². The first-order valence-corrected chi connectivity index (χ1v) is 10.9. The lowest BCUT2D eigenvalue weighted by molar-refractivity contribution is 0.307. The summed E-state index contributed by atoms with van der Waals surface area (Å²) in [4.78, 5) is 10.1. The van der Waals surface area contributed by atoms with Crippen LogP contribution in [-0.4, -0.2) is 58.7 Å². The molecule has 1 saturated heterocycles. The summed E-state index contributed by atoms with van der Waals surface area (Å²) in [6.45, 7) is 4.10. The van der Waals surface area contributed by atoms with Crippen molar-refractivity contribution < 1.29 is 12.8 Å². The number of likely N-dealkylation sites (N-methyl/N-ethyl adjacent to an activating group) is 1. The monoisotopic (exact) mass is 430 g/mol. The van der Waals surface area contributed by atoms with Crippen molar-refractivity contribution in [3.8, 4) is 11.3 Å². The minimum Gasteiger partial charge on any atom is -0.351 e. The van der Waals surface area contributed by atoms with Gasteiger partial charge in [0, 0.05) is 32.7 Å². The third-order valence-corrected chi connectivity index (χ3v) is 7.74. The smallest absolute Gasteiger partial charge is 0.246 e.